The third-order valence-corrected chi connectivity index (χ3v) is 5.06. The highest BCUT2D eigenvalue weighted by molar-refractivity contribution is 4.94. The molecule has 0 aromatic rings. The molecule has 1 heterocycles. The van der Waals surface area contributed by atoms with Gasteiger partial charge in [-0.1, -0.05) is 13.8 Å². The minimum absolute atomic E-state index is 0.784. The molecule has 0 radical (unpaired) electrons. The molecule has 3 atom stereocenters. The van der Waals surface area contributed by atoms with Gasteiger partial charge in [-0.25, -0.2) is 0 Å². The van der Waals surface area contributed by atoms with E-state index >= 15 is 0 Å². The first-order valence-corrected chi connectivity index (χ1v) is 8.41. The predicted molar refractivity (Wildman–Crippen MR) is 82.6 cm³/mol. The van der Waals surface area contributed by atoms with Gasteiger partial charge >= 0.3 is 0 Å². The highest BCUT2D eigenvalue weighted by atomic mass is 15.3. The van der Waals surface area contributed by atoms with Crippen LogP contribution in [0.4, 0.5) is 0 Å². The molecule has 1 aliphatic carbocycles. The molecule has 2 aliphatic rings. The highest BCUT2D eigenvalue weighted by Gasteiger charge is 2.38. The number of likely N-dealkylation sites (N-methyl/N-ethyl adjacent to an activating group) is 1. The average molecular weight is 267 g/mol. The monoisotopic (exact) mass is 267 g/mol. The van der Waals surface area contributed by atoms with Gasteiger partial charge in [-0.05, 0) is 64.7 Å². The van der Waals surface area contributed by atoms with Crippen LogP contribution in [0.3, 0.4) is 0 Å². The number of nitrogens with one attached hydrogen (secondary N) is 1. The Kier molecular flexibility index (Phi) is 6.11. The van der Waals surface area contributed by atoms with E-state index in [1.54, 1.807) is 0 Å². The van der Waals surface area contributed by atoms with Crippen LogP contribution >= 0.6 is 0 Å². The van der Waals surface area contributed by atoms with E-state index < -0.39 is 0 Å². The van der Waals surface area contributed by atoms with Crippen LogP contribution < -0.4 is 5.32 Å². The molecule has 1 aliphatic heterocycles. The van der Waals surface area contributed by atoms with E-state index in [2.05, 4.69) is 36.0 Å². The fourth-order valence-electron chi connectivity index (χ4n) is 3.75. The van der Waals surface area contributed by atoms with Crippen LogP contribution in [0.15, 0.2) is 0 Å². The number of nitrogens with zero attached hydrogens (tertiary/aromatic N) is 2. The largest absolute Gasteiger partial charge is 0.316 e. The van der Waals surface area contributed by atoms with Crippen LogP contribution in [-0.2, 0) is 0 Å². The van der Waals surface area contributed by atoms with Crippen molar-refractivity contribution in [2.75, 3.05) is 39.8 Å². The van der Waals surface area contributed by atoms with Crippen molar-refractivity contribution in [1.29, 1.82) is 0 Å². The van der Waals surface area contributed by atoms with Gasteiger partial charge in [-0.15, -0.1) is 0 Å². The van der Waals surface area contributed by atoms with E-state index in [9.17, 15) is 0 Å². The van der Waals surface area contributed by atoms with Crippen molar-refractivity contribution in [2.45, 2.75) is 58.0 Å². The summed E-state index contributed by atoms with van der Waals surface area (Å²) in [6.07, 6.45) is 6.76. The van der Waals surface area contributed by atoms with Gasteiger partial charge in [-0.3, -0.25) is 4.90 Å². The summed E-state index contributed by atoms with van der Waals surface area (Å²) in [5.41, 5.74) is 0. The Morgan fingerprint density at radius 3 is 2.63 bits per heavy atom. The average Bonchev–Trinajstić information content (AvgIpc) is 2.55. The lowest BCUT2D eigenvalue weighted by Crippen LogP contribution is -2.55. The minimum Gasteiger partial charge on any atom is -0.316 e. The quantitative estimate of drug-likeness (QED) is 0.744. The van der Waals surface area contributed by atoms with Gasteiger partial charge in [0, 0.05) is 25.2 Å². The van der Waals surface area contributed by atoms with Crippen molar-refractivity contribution >= 4 is 0 Å². The van der Waals surface area contributed by atoms with Gasteiger partial charge in [0.1, 0.15) is 0 Å². The Morgan fingerprint density at radius 2 is 2.00 bits per heavy atom. The van der Waals surface area contributed by atoms with Crippen LogP contribution in [0.25, 0.3) is 0 Å². The molecule has 19 heavy (non-hydrogen) atoms. The predicted octanol–water partition coefficient (Wildman–Crippen LogP) is 2.18. The Hall–Kier alpha value is -0.120. The molecule has 0 aromatic carbocycles. The van der Waals surface area contributed by atoms with Gasteiger partial charge < -0.3 is 10.2 Å². The first kappa shape index (κ1) is 15.3. The van der Waals surface area contributed by atoms with E-state index in [1.165, 1.54) is 64.8 Å². The van der Waals surface area contributed by atoms with Crippen LogP contribution in [0, 0.1) is 5.92 Å². The zero-order chi connectivity index (χ0) is 13.7. The summed E-state index contributed by atoms with van der Waals surface area (Å²) < 4.78 is 0. The Balaban J connectivity index is 1.87. The number of hydrogen-bond acceptors (Lipinski definition) is 3. The molecule has 112 valence electrons. The van der Waals surface area contributed by atoms with Crippen LogP contribution in [0.1, 0.15) is 46.0 Å². The standard InChI is InChI=1S/C16H33N3/c1-4-9-17-12-14-7-8-16(14)19-11-6-10-18(3)13-15(19)5-2/h14-17H,4-13H2,1-3H3. The van der Waals surface area contributed by atoms with E-state index in [4.69, 9.17) is 0 Å². The first-order chi connectivity index (χ1) is 9.26. The first-order valence-electron chi connectivity index (χ1n) is 8.41. The second-order valence-corrected chi connectivity index (χ2v) is 6.52. The maximum absolute atomic E-state index is 3.63. The summed E-state index contributed by atoms with van der Waals surface area (Å²) >= 11 is 0. The van der Waals surface area contributed by atoms with E-state index in [0.29, 0.717) is 0 Å². The SMILES string of the molecule is CCCNCC1CCC1N1CCCN(C)CC1CC. The van der Waals surface area contributed by atoms with E-state index in [0.717, 1.165) is 18.0 Å². The fraction of sp³-hybridized carbons (Fsp3) is 1.00. The van der Waals surface area contributed by atoms with Crippen LogP contribution in [0.2, 0.25) is 0 Å². The van der Waals surface area contributed by atoms with Gasteiger partial charge in [0.05, 0.1) is 0 Å². The maximum atomic E-state index is 3.63. The third kappa shape index (κ3) is 3.93. The molecule has 1 saturated heterocycles. The summed E-state index contributed by atoms with van der Waals surface area (Å²) in [4.78, 5) is 5.38. The Morgan fingerprint density at radius 1 is 1.16 bits per heavy atom. The molecule has 3 heteroatoms. The highest BCUT2D eigenvalue weighted by Crippen LogP contribution is 2.34. The van der Waals surface area contributed by atoms with Crippen molar-refractivity contribution in [3.05, 3.63) is 0 Å². The van der Waals surface area contributed by atoms with Crippen molar-refractivity contribution in [1.82, 2.24) is 15.1 Å². The lowest BCUT2D eigenvalue weighted by Gasteiger charge is -2.47. The normalized spacial score (nSPS) is 33.9. The second kappa shape index (κ2) is 7.61. The molecule has 2 rings (SSSR count). The lowest BCUT2D eigenvalue weighted by atomic mass is 9.77. The van der Waals surface area contributed by atoms with Crippen molar-refractivity contribution < 1.29 is 0 Å². The van der Waals surface area contributed by atoms with E-state index in [1.807, 2.05) is 0 Å². The summed E-state index contributed by atoms with van der Waals surface area (Å²) in [6.45, 7) is 10.9. The molecule has 0 amide bonds. The second-order valence-electron chi connectivity index (χ2n) is 6.52. The summed E-state index contributed by atoms with van der Waals surface area (Å²) in [7, 11) is 2.28. The summed E-state index contributed by atoms with van der Waals surface area (Å²) in [5, 5.41) is 3.63. The molecule has 2 fully saturated rings. The van der Waals surface area contributed by atoms with E-state index in [-0.39, 0.29) is 0 Å². The third-order valence-electron chi connectivity index (χ3n) is 5.06. The summed E-state index contributed by atoms with van der Waals surface area (Å²) in [6, 6.07) is 1.65. The molecular weight excluding hydrogens is 234 g/mol. The molecular formula is C16H33N3. The maximum Gasteiger partial charge on any atom is 0.0223 e. The zero-order valence-corrected chi connectivity index (χ0v) is 13.2. The lowest BCUT2D eigenvalue weighted by molar-refractivity contribution is 0.0274. The van der Waals surface area contributed by atoms with Gasteiger partial charge in [-0.2, -0.15) is 0 Å². The van der Waals surface area contributed by atoms with Crippen LogP contribution in [-0.4, -0.2) is 61.7 Å². The zero-order valence-electron chi connectivity index (χ0n) is 13.2. The van der Waals surface area contributed by atoms with Crippen molar-refractivity contribution in [3.8, 4) is 0 Å². The molecule has 0 aromatic heterocycles. The Bertz CT molecular complexity index is 256. The van der Waals surface area contributed by atoms with Crippen LogP contribution in [0.5, 0.6) is 0 Å². The van der Waals surface area contributed by atoms with Crippen molar-refractivity contribution in [3.63, 3.8) is 0 Å². The smallest absolute Gasteiger partial charge is 0.0223 e. The molecule has 0 bridgehead atoms. The van der Waals surface area contributed by atoms with Gasteiger partial charge in [0.25, 0.3) is 0 Å². The van der Waals surface area contributed by atoms with Gasteiger partial charge in [0.15, 0.2) is 0 Å². The molecule has 0 spiro atoms. The summed E-state index contributed by atoms with van der Waals surface area (Å²) in [5.74, 6) is 0.906. The molecule has 3 unspecified atom stereocenters. The number of rotatable bonds is 6. The molecule has 1 saturated carbocycles. The Labute approximate surface area is 119 Å². The number of hydrogen-bond donors (Lipinski definition) is 1. The topological polar surface area (TPSA) is 18.5 Å². The van der Waals surface area contributed by atoms with Gasteiger partial charge in [0.2, 0.25) is 0 Å². The molecule has 3 nitrogen and oxygen atoms in total. The minimum atomic E-state index is 0.784. The van der Waals surface area contributed by atoms with Crippen molar-refractivity contribution in [2.24, 2.45) is 5.92 Å². The molecule has 1 N–H and O–H groups in total. The fourth-order valence-corrected chi connectivity index (χ4v) is 3.75.